The van der Waals surface area contributed by atoms with E-state index in [4.69, 9.17) is 0 Å². The molecule has 0 aliphatic rings. The van der Waals surface area contributed by atoms with Crippen molar-refractivity contribution in [1.29, 1.82) is 0 Å². The van der Waals surface area contributed by atoms with Gasteiger partial charge in [0.15, 0.2) is 0 Å². The van der Waals surface area contributed by atoms with Gasteiger partial charge in [-0.15, -0.1) is 11.3 Å². The van der Waals surface area contributed by atoms with Crippen molar-refractivity contribution in [2.75, 3.05) is 6.54 Å². The lowest BCUT2D eigenvalue weighted by molar-refractivity contribution is 0.603. The molecule has 2 aromatic heterocycles. The highest BCUT2D eigenvalue weighted by molar-refractivity contribution is 7.15. The van der Waals surface area contributed by atoms with Gasteiger partial charge in [0.25, 0.3) is 0 Å². The molecule has 0 radical (unpaired) electrons. The summed E-state index contributed by atoms with van der Waals surface area (Å²) in [6, 6.07) is 4.47. The summed E-state index contributed by atoms with van der Waals surface area (Å²) in [6.45, 7) is 9.35. The first kappa shape index (κ1) is 13.2. The van der Waals surface area contributed by atoms with Gasteiger partial charge < -0.3 is 5.32 Å². The minimum absolute atomic E-state index is 0.361. The van der Waals surface area contributed by atoms with Gasteiger partial charge >= 0.3 is 0 Å². The zero-order chi connectivity index (χ0) is 13.1. The molecule has 2 aromatic rings. The maximum Gasteiger partial charge on any atom is 0.125 e. The standard InChI is InChI=1S/C14H19N3S/c1-5-15-10(3)13-11(4)17-14(18-13)12-7-6-9(2)16-8-12/h6-8,10,15H,5H2,1-4H3. The van der Waals surface area contributed by atoms with Gasteiger partial charge in [0, 0.05) is 28.4 Å². The molecule has 0 spiro atoms. The SMILES string of the molecule is CCNC(C)c1sc(-c2ccc(C)nc2)nc1C. The van der Waals surface area contributed by atoms with Crippen LogP contribution in [0.25, 0.3) is 10.6 Å². The molecule has 0 aromatic carbocycles. The van der Waals surface area contributed by atoms with Crippen molar-refractivity contribution in [3.05, 3.63) is 34.6 Å². The molecule has 2 rings (SSSR count). The Balaban J connectivity index is 2.30. The van der Waals surface area contributed by atoms with Gasteiger partial charge in [0.05, 0.1) is 5.69 Å². The zero-order valence-electron chi connectivity index (χ0n) is 11.3. The molecule has 1 N–H and O–H groups in total. The van der Waals surface area contributed by atoms with E-state index in [9.17, 15) is 0 Å². The van der Waals surface area contributed by atoms with Crippen LogP contribution in [0.15, 0.2) is 18.3 Å². The molecule has 18 heavy (non-hydrogen) atoms. The van der Waals surface area contributed by atoms with Crippen LogP contribution >= 0.6 is 11.3 Å². The molecule has 3 nitrogen and oxygen atoms in total. The fourth-order valence-electron chi connectivity index (χ4n) is 1.93. The van der Waals surface area contributed by atoms with E-state index in [1.54, 1.807) is 11.3 Å². The molecule has 0 amide bonds. The predicted molar refractivity (Wildman–Crippen MR) is 76.9 cm³/mol. The molecule has 0 bridgehead atoms. The van der Waals surface area contributed by atoms with Crippen LogP contribution in [0, 0.1) is 13.8 Å². The lowest BCUT2D eigenvalue weighted by atomic mass is 10.2. The number of nitrogens with one attached hydrogen (secondary N) is 1. The molecule has 0 fully saturated rings. The van der Waals surface area contributed by atoms with E-state index >= 15 is 0 Å². The van der Waals surface area contributed by atoms with Crippen molar-refractivity contribution in [3.8, 4) is 10.6 Å². The third-order valence-corrected chi connectivity index (χ3v) is 4.28. The Morgan fingerprint density at radius 2 is 2.11 bits per heavy atom. The molecule has 2 heterocycles. The molecule has 96 valence electrons. The van der Waals surface area contributed by atoms with E-state index < -0.39 is 0 Å². The highest BCUT2D eigenvalue weighted by Gasteiger charge is 2.14. The van der Waals surface area contributed by atoms with E-state index in [-0.39, 0.29) is 0 Å². The largest absolute Gasteiger partial charge is 0.310 e. The van der Waals surface area contributed by atoms with Crippen molar-refractivity contribution in [3.63, 3.8) is 0 Å². The Morgan fingerprint density at radius 1 is 1.33 bits per heavy atom. The first-order valence-electron chi connectivity index (χ1n) is 6.25. The average Bonchev–Trinajstić information content (AvgIpc) is 2.72. The minimum atomic E-state index is 0.361. The first-order valence-corrected chi connectivity index (χ1v) is 7.07. The number of hydrogen-bond acceptors (Lipinski definition) is 4. The number of rotatable bonds is 4. The number of pyridine rings is 1. The van der Waals surface area contributed by atoms with E-state index in [0.717, 1.165) is 28.5 Å². The number of nitrogens with zero attached hydrogens (tertiary/aromatic N) is 2. The van der Waals surface area contributed by atoms with Gasteiger partial charge in [-0.3, -0.25) is 4.98 Å². The molecule has 0 aliphatic heterocycles. The molecule has 0 saturated carbocycles. The second kappa shape index (κ2) is 5.59. The Labute approximate surface area is 112 Å². The monoisotopic (exact) mass is 261 g/mol. The molecular weight excluding hydrogens is 242 g/mol. The lowest BCUT2D eigenvalue weighted by Gasteiger charge is -2.09. The van der Waals surface area contributed by atoms with Crippen molar-refractivity contribution >= 4 is 11.3 Å². The number of hydrogen-bond donors (Lipinski definition) is 1. The normalized spacial score (nSPS) is 12.7. The van der Waals surface area contributed by atoms with Gasteiger partial charge in [-0.05, 0) is 39.4 Å². The van der Waals surface area contributed by atoms with Crippen LogP contribution in [0.1, 0.15) is 36.2 Å². The van der Waals surface area contributed by atoms with Crippen LogP contribution in [0.2, 0.25) is 0 Å². The topological polar surface area (TPSA) is 37.8 Å². The molecule has 1 atom stereocenters. The first-order chi connectivity index (χ1) is 8.61. The van der Waals surface area contributed by atoms with Crippen molar-refractivity contribution < 1.29 is 0 Å². The third-order valence-electron chi connectivity index (χ3n) is 2.89. The van der Waals surface area contributed by atoms with E-state index in [1.807, 2.05) is 19.2 Å². The highest BCUT2D eigenvalue weighted by Crippen LogP contribution is 2.31. The van der Waals surface area contributed by atoms with Crippen LogP contribution in [-0.4, -0.2) is 16.5 Å². The number of aromatic nitrogens is 2. The summed E-state index contributed by atoms with van der Waals surface area (Å²) in [7, 11) is 0. The maximum absolute atomic E-state index is 4.65. The summed E-state index contributed by atoms with van der Waals surface area (Å²) in [6.07, 6.45) is 1.90. The predicted octanol–water partition coefficient (Wildman–Crippen LogP) is 3.49. The summed E-state index contributed by atoms with van der Waals surface area (Å²) in [5, 5.41) is 4.49. The molecule has 1 unspecified atom stereocenters. The van der Waals surface area contributed by atoms with E-state index in [0.29, 0.717) is 6.04 Å². The average molecular weight is 261 g/mol. The van der Waals surface area contributed by atoms with Gasteiger partial charge in [-0.1, -0.05) is 6.92 Å². The summed E-state index contributed by atoms with van der Waals surface area (Å²) >= 11 is 1.75. The lowest BCUT2D eigenvalue weighted by Crippen LogP contribution is -2.17. The highest BCUT2D eigenvalue weighted by atomic mass is 32.1. The Bertz CT molecular complexity index is 516. The minimum Gasteiger partial charge on any atom is -0.310 e. The summed E-state index contributed by atoms with van der Waals surface area (Å²) in [5.41, 5.74) is 3.25. The maximum atomic E-state index is 4.65. The Hall–Kier alpha value is -1.26. The van der Waals surface area contributed by atoms with Crippen LogP contribution in [-0.2, 0) is 0 Å². The van der Waals surface area contributed by atoms with Gasteiger partial charge in [-0.2, -0.15) is 0 Å². The van der Waals surface area contributed by atoms with Gasteiger partial charge in [0.2, 0.25) is 0 Å². The van der Waals surface area contributed by atoms with Crippen molar-refractivity contribution in [2.45, 2.75) is 33.7 Å². The second-order valence-electron chi connectivity index (χ2n) is 4.44. The van der Waals surface area contributed by atoms with E-state index in [1.165, 1.54) is 4.88 Å². The zero-order valence-corrected chi connectivity index (χ0v) is 12.1. The number of thiazole rings is 1. The summed E-state index contributed by atoms with van der Waals surface area (Å²) < 4.78 is 0. The quantitative estimate of drug-likeness (QED) is 0.915. The van der Waals surface area contributed by atoms with Crippen LogP contribution in [0.5, 0.6) is 0 Å². The summed E-state index contributed by atoms with van der Waals surface area (Å²) in [5.74, 6) is 0. The van der Waals surface area contributed by atoms with Gasteiger partial charge in [0.1, 0.15) is 5.01 Å². The van der Waals surface area contributed by atoms with Gasteiger partial charge in [-0.25, -0.2) is 4.98 Å². The van der Waals surface area contributed by atoms with E-state index in [2.05, 4.69) is 42.1 Å². The fourth-order valence-corrected chi connectivity index (χ4v) is 3.01. The van der Waals surface area contributed by atoms with Crippen LogP contribution in [0.4, 0.5) is 0 Å². The van der Waals surface area contributed by atoms with Crippen LogP contribution in [0.3, 0.4) is 0 Å². The number of aryl methyl sites for hydroxylation is 2. The molecule has 4 heteroatoms. The molecular formula is C14H19N3S. The smallest absolute Gasteiger partial charge is 0.125 e. The Morgan fingerprint density at radius 3 is 2.72 bits per heavy atom. The summed E-state index contributed by atoms with van der Waals surface area (Å²) in [4.78, 5) is 10.3. The molecule has 0 saturated heterocycles. The van der Waals surface area contributed by atoms with Crippen molar-refractivity contribution in [1.82, 2.24) is 15.3 Å². The molecule has 0 aliphatic carbocycles. The van der Waals surface area contributed by atoms with Crippen LogP contribution < -0.4 is 5.32 Å². The third kappa shape index (κ3) is 2.76. The fraction of sp³-hybridized carbons (Fsp3) is 0.429. The van der Waals surface area contributed by atoms with Crippen molar-refractivity contribution in [2.24, 2.45) is 0 Å². The Kier molecular flexibility index (Phi) is 4.09. The second-order valence-corrected chi connectivity index (χ2v) is 5.47.